The first kappa shape index (κ1) is 15.5. The third kappa shape index (κ3) is 3.86. The van der Waals surface area contributed by atoms with Gasteiger partial charge in [-0.1, -0.05) is 46.3 Å². The van der Waals surface area contributed by atoms with Crippen molar-refractivity contribution in [1.82, 2.24) is 4.98 Å². The van der Waals surface area contributed by atoms with Gasteiger partial charge in [-0.25, -0.2) is 4.98 Å². The molecular formula is C18H12BrN3S. The van der Waals surface area contributed by atoms with Crippen LogP contribution in [-0.4, -0.2) is 4.98 Å². The number of thiazole rings is 1. The topological polar surface area (TPSA) is 48.7 Å². The van der Waals surface area contributed by atoms with Gasteiger partial charge in [0.1, 0.15) is 16.6 Å². The quantitative estimate of drug-likeness (QED) is 0.602. The highest BCUT2D eigenvalue weighted by Gasteiger charge is 2.08. The van der Waals surface area contributed by atoms with Gasteiger partial charge < -0.3 is 5.32 Å². The number of nitrogens with zero attached hydrogens (tertiary/aromatic N) is 2. The maximum absolute atomic E-state index is 9.38. The minimum atomic E-state index is 0.516. The summed E-state index contributed by atoms with van der Waals surface area (Å²) in [6.45, 7) is 0. The highest BCUT2D eigenvalue weighted by molar-refractivity contribution is 9.10. The summed E-state index contributed by atoms with van der Waals surface area (Å²) in [5, 5.41) is 15.2. The number of benzene rings is 2. The van der Waals surface area contributed by atoms with Gasteiger partial charge in [-0.2, -0.15) is 5.26 Å². The largest absolute Gasteiger partial charge is 0.360 e. The average molecular weight is 382 g/mol. The third-order valence-electron chi connectivity index (χ3n) is 3.15. The molecule has 3 nitrogen and oxygen atoms in total. The van der Waals surface area contributed by atoms with Crippen LogP contribution in [0.4, 0.5) is 5.69 Å². The third-order valence-corrected chi connectivity index (χ3v) is 4.56. The Morgan fingerprint density at radius 3 is 2.57 bits per heavy atom. The standard InChI is InChI=1S/C18H12BrN3S/c19-15-8-6-13(7-9-15)17-12-23-18(22-17)14(10-20)11-21-16-4-2-1-3-5-16/h1-9,11-12,21H/b14-11+. The Kier molecular flexibility index (Phi) is 4.86. The first-order chi connectivity index (χ1) is 11.3. The van der Waals surface area contributed by atoms with Gasteiger partial charge in [-0.3, -0.25) is 0 Å². The highest BCUT2D eigenvalue weighted by atomic mass is 79.9. The maximum atomic E-state index is 9.38. The van der Waals surface area contributed by atoms with Crippen LogP contribution in [0.2, 0.25) is 0 Å². The van der Waals surface area contributed by atoms with Gasteiger partial charge in [0.2, 0.25) is 0 Å². The summed E-state index contributed by atoms with van der Waals surface area (Å²) >= 11 is 4.88. The van der Waals surface area contributed by atoms with Gasteiger partial charge in [0.15, 0.2) is 0 Å². The van der Waals surface area contributed by atoms with E-state index >= 15 is 0 Å². The fourth-order valence-corrected chi connectivity index (χ4v) is 3.04. The van der Waals surface area contributed by atoms with E-state index < -0.39 is 0 Å². The zero-order valence-corrected chi connectivity index (χ0v) is 14.4. The molecular weight excluding hydrogens is 370 g/mol. The summed E-state index contributed by atoms with van der Waals surface area (Å²) in [6.07, 6.45) is 1.69. The van der Waals surface area contributed by atoms with E-state index in [2.05, 4.69) is 32.3 Å². The van der Waals surface area contributed by atoms with E-state index in [0.29, 0.717) is 10.6 Å². The van der Waals surface area contributed by atoms with Gasteiger partial charge in [0.25, 0.3) is 0 Å². The summed E-state index contributed by atoms with van der Waals surface area (Å²) < 4.78 is 1.03. The fourth-order valence-electron chi connectivity index (χ4n) is 1.98. The number of halogens is 1. The lowest BCUT2D eigenvalue weighted by Gasteiger charge is -2.00. The molecule has 0 aliphatic rings. The van der Waals surface area contributed by atoms with E-state index in [-0.39, 0.29) is 0 Å². The summed E-state index contributed by atoms with van der Waals surface area (Å²) in [7, 11) is 0. The number of anilines is 1. The van der Waals surface area contributed by atoms with Crippen LogP contribution < -0.4 is 5.32 Å². The second kappa shape index (κ2) is 7.23. The van der Waals surface area contributed by atoms with Crippen LogP contribution in [0.3, 0.4) is 0 Å². The van der Waals surface area contributed by atoms with Crippen molar-refractivity contribution in [3.05, 3.63) is 75.7 Å². The van der Waals surface area contributed by atoms with Gasteiger partial charge in [-0.05, 0) is 24.3 Å². The van der Waals surface area contributed by atoms with Crippen LogP contribution in [0.5, 0.6) is 0 Å². The van der Waals surface area contributed by atoms with Crippen LogP contribution >= 0.6 is 27.3 Å². The van der Waals surface area contributed by atoms with Crippen molar-refractivity contribution < 1.29 is 0 Å². The van der Waals surface area contributed by atoms with E-state index in [0.717, 1.165) is 21.4 Å². The molecule has 0 bridgehead atoms. The van der Waals surface area contributed by atoms with Gasteiger partial charge in [0, 0.05) is 27.3 Å². The molecule has 0 unspecified atom stereocenters. The van der Waals surface area contributed by atoms with Crippen molar-refractivity contribution in [3.63, 3.8) is 0 Å². The first-order valence-corrected chi connectivity index (χ1v) is 8.57. The Morgan fingerprint density at radius 2 is 1.87 bits per heavy atom. The number of aromatic nitrogens is 1. The molecule has 0 radical (unpaired) electrons. The normalized spacial score (nSPS) is 11.0. The molecule has 1 aromatic heterocycles. The first-order valence-electron chi connectivity index (χ1n) is 6.90. The Hall–Kier alpha value is -2.42. The van der Waals surface area contributed by atoms with Crippen LogP contribution in [-0.2, 0) is 0 Å². The molecule has 3 aromatic rings. The predicted molar refractivity (Wildman–Crippen MR) is 98.9 cm³/mol. The lowest BCUT2D eigenvalue weighted by atomic mass is 10.2. The van der Waals surface area contributed by atoms with Gasteiger partial charge in [0.05, 0.1) is 5.69 Å². The molecule has 23 heavy (non-hydrogen) atoms. The molecule has 0 saturated carbocycles. The summed E-state index contributed by atoms with van der Waals surface area (Å²) in [4.78, 5) is 4.57. The summed E-state index contributed by atoms with van der Waals surface area (Å²) in [6, 6.07) is 19.9. The number of hydrogen-bond acceptors (Lipinski definition) is 4. The minimum absolute atomic E-state index is 0.516. The van der Waals surface area contributed by atoms with E-state index in [1.54, 1.807) is 6.20 Å². The van der Waals surface area contributed by atoms with Crippen molar-refractivity contribution in [3.8, 4) is 17.3 Å². The second-order valence-electron chi connectivity index (χ2n) is 4.72. The van der Waals surface area contributed by atoms with Crippen LogP contribution in [0.15, 0.2) is 70.7 Å². The minimum Gasteiger partial charge on any atom is -0.360 e. The number of nitrogens with one attached hydrogen (secondary N) is 1. The number of allylic oxidation sites excluding steroid dienone is 1. The van der Waals surface area contributed by atoms with Crippen LogP contribution in [0.25, 0.3) is 16.8 Å². The van der Waals surface area contributed by atoms with Gasteiger partial charge >= 0.3 is 0 Å². The van der Waals surface area contributed by atoms with E-state index in [1.807, 2.05) is 60.0 Å². The van der Waals surface area contributed by atoms with E-state index in [1.165, 1.54) is 11.3 Å². The molecule has 1 N–H and O–H groups in total. The highest BCUT2D eigenvalue weighted by Crippen LogP contribution is 2.27. The smallest absolute Gasteiger partial charge is 0.136 e. The van der Waals surface area contributed by atoms with Crippen LogP contribution in [0.1, 0.15) is 5.01 Å². The van der Waals surface area contributed by atoms with Crippen molar-refractivity contribution in [2.24, 2.45) is 0 Å². The summed E-state index contributed by atoms with van der Waals surface area (Å²) in [5.41, 5.74) is 3.36. The van der Waals surface area contributed by atoms with Gasteiger partial charge in [-0.15, -0.1) is 11.3 Å². The molecule has 5 heteroatoms. The molecule has 0 atom stereocenters. The molecule has 0 spiro atoms. The van der Waals surface area contributed by atoms with Crippen molar-refractivity contribution in [2.45, 2.75) is 0 Å². The lowest BCUT2D eigenvalue weighted by Crippen LogP contribution is -1.90. The van der Waals surface area contributed by atoms with E-state index in [4.69, 9.17) is 0 Å². The molecule has 112 valence electrons. The number of nitriles is 1. The average Bonchev–Trinajstić information content (AvgIpc) is 3.07. The predicted octanol–water partition coefficient (Wildman–Crippen LogP) is 5.55. The summed E-state index contributed by atoms with van der Waals surface area (Å²) in [5.74, 6) is 0. The molecule has 3 rings (SSSR count). The zero-order chi connectivity index (χ0) is 16.1. The Morgan fingerprint density at radius 1 is 1.13 bits per heavy atom. The SMILES string of the molecule is N#C/C(=C\Nc1ccccc1)c1nc(-c2ccc(Br)cc2)cs1. The van der Waals surface area contributed by atoms with Crippen molar-refractivity contribution in [2.75, 3.05) is 5.32 Å². The Labute approximate surface area is 147 Å². The fraction of sp³-hybridized carbons (Fsp3) is 0. The number of hydrogen-bond donors (Lipinski definition) is 1. The maximum Gasteiger partial charge on any atom is 0.136 e. The van der Waals surface area contributed by atoms with Crippen molar-refractivity contribution >= 4 is 38.5 Å². The Balaban J connectivity index is 1.83. The number of rotatable bonds is 4. The second-order valence-corrected chi connectivity index (χ2v) is 6.50. The molecule has 0 fully saturated rings. The lowest BCUT2D eigenvalue weighted by molar-refractivity contribution is 1.36. The monoisotopic (exact) mass is 381 g/mol. The van der Waals surface area contributed by atoms with Crippen molar-refractivity contribution in [1.29, 1.82) is 5.26 Å². The molecule has 0 amide bonds. The zero-order valence-electron chi connectivity index (χ0n) is 12.0. The molecule has 2 aromatic carbocycles. The molecule has 1 heterocycles. The van der Waals surface area contributed by atoms with E-state index in [9.17, 15) is 5.26 Å². The number of para-hydroxylation sites is 1. The Bertz CT molecular complexity index is 861. The molecule has 0 saturated heterocycles. The molecule has 0 aliphatic carbocycles. The van der Waals surface area contributed by atoms with Crippen LogP contribution in [0, 0.1) is 11.3 Å². The molecule has 0 aliphatic heterocycles.